The summed E-state index contributed by atoms with van der Waals surface area (Å²) in [6.45, 7) is 5.75. The van der Waals surface area contributed by atoms with Crippen LogP contribution < -0.4 is 4.90 Å². The van der Waals surface area contributed by atoms with Crippen LogP contribution in [0.3, 0.4) is 0 Å². The first-order valence-corrected chi connectivity index (χ1v) is 9.06. The first kappa shape index (κ1) is 15.5. The third-order valence-corrected chi connectivity index (χ3v) is 6.01. The van der Waals surface area contributed by atoms with Crippen LogP contribution in [0.4, 0.5) is 5.69 Å². The zero-order valence-electron chi connectivity index (χ0n) is 12.6. The van der Waals surface area contributed by atoms with Crippen molar-refractivity contribution in [3.05, 3.63) is 29.3 Å². The van der Waals surface area contributed by atoms with Crippen LogP contribution in [-0.4, -0.2) is 43.4 Å². The normalized spacial score (nSPS) is 22.7. The largest absolute Gasteiger partial charge is 0.369 e. The van der Waals surface area contributed by atoms with E-state index in [-0.39, 0.29) is 0 Å². The summed E-state index contributed by atoms with van der Waals surface area (Å²) in [6.07, 6.45) is 5.52. The second kappa shape index (κ2) is 6.80. The summed E-state index contributed by atoms with van der Waals surface area (Å²) >= 11 is 10.7. The second-order valence-electron chi connectivity index (χ2n) is 6.61. The Morgan fingerprint density at radius 1 is 1.10 bits per heavy atom. The van der Waals surface area contributed by atoms with Gasteiger partial charge in [-0.1, -0.05) is 30.5 Å². The van der Waals surface area contributed by atoms with Crippen LogP contribution in [0.1, 0.15) is 25.7 Å². The van der Waals surface area contributed by atoms with Crippen LogP contribution in [0, 0.1) is 5.41 Å². The smallest absolute Gasteiger partial charge is 0.0426 e. The number of piperazine rings is 1. The highest BCUT2D eigenvalue weighted by Crippen LogP contribution is 2.39. The third kappa shape index (κ3) is 3.69. The van der Waals surface area contributed by atoms with Gasteiger partial charge in [-0.15, -0.1) is 0 Å². The minimum absolute atomic E-state index is 0.487. The lowest BCUT2D eigenvalue weighted by atomic mass is 9.87. The van der Waals surface area contributed by atoms with Crippen LogP contribution in [0.15, 0.2) is 24.3 Å². The monoisotopic (exact) mass is 324 g/mol. The molecule has 0 aromatic heterocycles. The zero-order chi connectivity index (χ0) is 14.7. The van der Waals surface area contributed by atoms with Gasteiger partial charge in [0.15, 0.2) is 0 Å². The number of thiol groups is 1. The van der Waals surface area contributed by atoms with E-state index >= 15 is 0 Å². The number of halogens is 1. The van der Waals surface area contributed by atoms with E-state index in [4.69, 9.17) is 11.6 Å². The van der Waals surface area contributed by atoms with Gasteiger partial charge >= 0.3 is 0 Å². The van der Waals surface area contributed by atoms with E-state index in [2.05, 4.69) is 34.6 Å². The molecular weight excluding hydrogens is 300 g/mol. The first-order chi connectivity index (χ1) is 10.2. The van der Waals surface area contributed by atoms with Crippen LogP contribution in [0.25, 0.3) is 0 Å². The molecule has 0 amide bonds. The van der Waals surface area contributed by atoms with Crippen molar-refractivity contribution < 1.29 is 0 Å². The summed E-state index contributed by atoms with van der Waals surface area (Å²) < 4.78 is 0. The van der Waals surface area contributed by atoms with Crippen LogP contribution in [0.2, 0.25) is 5.02 Å². The van der Waals surface area contributed by atoms with Crippen molar-refractivity contribution in [1.29, 1.82) is 0 Å². The Morgan fingerprint density at radius 3 is 2.43 bits per heavy atom. The highest BCUT2D eigenvalue weighted by molar-refractivity contribution is 7.80. The maximum atomic E-state index is 6.10. The van der Waals surface area contributed by atoms with E-state index < -0.39 is 0 Å². The van der Waals surface area contributed by atoms with Gasteiger partial charge in [0.05, 0.1) is 0 Å². The molecule has 1 aromatic rings. The van der Waals surface area contributed by atoms with Crippen molar-refractivity contribution >= 4 is 29.9 Å². The van der Waals surface area contributed by atoms with Crippen LogP contribution in [-0.2, 0) is 0 Å². The number of anilines is 1. The summed E-state index contributed by atoms with van der Waals surface area (Å²) in [6, 6.07) is 8.22. The molecule has 3 rings (SSSR count). The van der Waals surface area contributed by atoms with Gasteiger partial charge in [0.1, 0.15) is 0 Å². The van der Waals surface area contributed by atoms with Gasteiger partial charge in [-0.05, 0) is 42.2 Å². The predicted octanol–water partition coefficient (Wildman–Crippen LogP) is 3.95. The van der Waals surface area contributed by atoms with E-state index in [9.17, 15) is 0 Å². The minimum Gasteiger partial charge on any atom is -0.369 e. The number of hydrogen-bond donors (Lipinski definition) is 1. The first-order valence-electron chi connectivity index (χ1n) is 8.05. The highest BCUT2D eigenvalue weighted by atomic mass is 35.5. The standard InChI is InChI=1S/C17H25ClN2S/c18-15-4-3-5-16(12-15)20-10-8-19(9-11-20)13-17(14-21)6-1-2-7-17/h3-5,12,21H,1-2,6-11,13-14H2. The predicted molar refractivity (Wildman–Crippen MR) is 94.9 cm³/mol. The summed E-state index contributed by atoms with van der Waals surface area (Å²) in [4.78, 5) is 5.09. The third-order valence-electron chi connectivity index (χ3n) is 5.10. The summed E-state index contributed by atoms with van der Waals surface area (Å²) in [5, 5.41) is 0.829. The molecule has 2 fully saturated rings. The topological polar surface area (TPSA) is 6.48 Å². The van der Waals surface area contributed by atoms with E-state index in [1.165, 1.54) is 37.9 Å². The molecule has 116 valence electrons. The highest BCUT2D eigenvalue weighted by Gasteiger charge is 2.35. The summed E-state index contributed by atoms with van der Waals surface area (Å²) in [5.74, 6) is 1.04. The fraction of sp³-hybridized carbons (Fsp3) is 0.647. The van der Waals surface area contributed by atoms with Crippen molar-refractivity contribution in [2.45, 2.75) is 25.7 Å². The minimum atomic E-state index is 0.487. The molecule has 1 saturated carbocycles. The molecule has 0 bridgehead atoms. The molecule has 1 heterocycles. The molecule has 0 radical (unpaired) electrons. The van der Waals surface area contributed by atoms with Crippen molar-refractivity contribution in [1.82, 2.24) is 4.90 Å². The quantitative estimate of drug-likeness (QED) is 0.838. The van der Waals surface area contributed by atoms with Crippen molar-refractivity contribution in [2.75, 3.05) is 43.4 Å². The molecule has 1 saturated heterocycles. The Kier molecular flexibility index (Phi) is 5.03. The Morgan fingerprint density at radius 2 is 1.81 bits per heavy atom. The molecule has 1 aliphatic carbocycles. The lowest BCUT2D eigenvalue weighted by molar-refractivity contribution is 0.164. The van der Waals surface area contributed by atoms with Gasteiger partial charge in [0, 0.05) is 43.4 Å². The molecular formula is C17H25ClN2S. The van der Waals surface area contributed by atoms with Gasteiger partial charge in [-0.25, -0.2) is 0 Å². The molecule has 2 aliphatic rings. The maximum Gasteiger partial charge on any atom is 0.0426 e. The Balaban J connectivity index is 1.55. The molecule has 0 spiro atoms. The average molecular weight is 325 g/mol. The van der Waals surface area contributed by atoms with Gasteiger partial charge in [0.25, 0.3) is 0 Å². The van der Waals surface area contributed by atoms with Crippen molar-refractivity contribution in [3.8, 4) is 0 Å². The number of rotatable bonds is 4. The molecule has 1 aromatic carbocycles. The number of hydrogen-bond acceptors (Lipinski definition) is 3. The lowest BCUT2D eigenvalue weighted by Crippen LogP contribution is -2.50. The molecule has 2 nitrogen and oxygen atoms in total. The fourth-order valence-electron chi connectivity index (χ4n) is 3.80. The number of nitrogens with zero attached hydrogens (tertiary/aromatic N) is 2. The van der Waals surface area contributed by atoms with Crippen molar-refractivity contribution in [2.24, 2.45) is 5.41 Å². The molecule has 21 heavy (non-hydrogen) atoms. The maximum absolute atomic E-state index is 6.10. The van der Waals surface area contributed by atoms with E-state index in [1.807, 2.05) is 12.1 Å². The number of benzene rings is 1. The van der Waals surface area contributed by atoms with Crippen molar-refractivity contribution in [3.63, 3.8) is 0 Å². The summed E-state index contributed by atoms with van der Waals surface area (Å²) in [5.41, 5.74) is 1.74. The Hall–Kier alpha value is -0.380. The molecule has 1 aliphatic heterocycles. The SMILES string of the molecule is SCC1(CN2CCN(c3cccc(Cl)c3)CC2)CCCC1. The van der Waals surface area contributed by atoms with Crippen LogP contribution >= 0.6 is 24.2 Å². The van der Waals surface area contributed by atoms with Crippen LogP contribution in [0.5, 0.6) is 0 Å². The van der Waals surface area contributed by atoms with E-state index in [0.29, 0.717) is 5.41 Å². The van der Waals surface area contributed by atoms with Gasteiger partial charge < -0.3 is 4.90 Å². The Labute approximate surface area is 138 Å². The fourth-order valence-corrected chi connectivity index (χ4v) is 4.40. The summed E-state index contributed by atoms with van der Waals surface area (Å²) in [7, 11) is 0. The Bertz CT molecular complexity index is 466. The lowest BCUT2D eigenvalue weighted by Gasteiger charge is -2.40. The molecule has 0 N–H and O–H groups in total. The van der Waals surface area contributed by atoms with E-state index in [0.717, 1.165) is 37.0 Å². The second-order valence-corrected chi connectivity index (χ2v) is 7.36. The van der Waals surface area contributed by atoms with Gasteiger partial charge in [0.2, 0.25) is 0 Å². The zero-order valence-corrected chi connectivity index (χ0v) is 14.3. The average Bonchev–Trinajstić information content (AvgIpc) is 2.97. The van der Waals surface area contributed by atoms with Gasteiger partial charge in [-0.3, -0.25) is 4.90 Å². The van der Waals surface area contributed by atoms with E-state index in [1.54, 1.807) is 0 Å². The van der Waals surface area contributed by atoms with Gasteiger partial charge in [-0.2, -0.15) is 12.6 Å². The molecule has 4 heteroatoms. The molecule has 0 atom stereocenters. The molecule has 0 unspecified atom stereocenters.